The maximum Gasteiger partial charge on any atom is 0.309 e. The summed E-state index contributed by atoms with van der Waals surface area (Å²) in [4.78, 5) is 25.2. The summed E-state index contributed by atoms with van der Waals surface area (Å²) in [5.74, 6) is -0.591. The highest BCUT2D eigenvalue weighted by molar-refractivity contribution is 5.71. The Morgan fingerprint density at radius 2 is 0.857 bits per heavy atom. The van der Waals surface area contributed by atoms with Crippen LogP contribution in [0.4, 0.5) is 0 Å². The third kappa shape index (κ3) is 43.3. The zero-order valence-corrected chi connectivity index (χ0v) is 36.1. The van der Waals surface area contributed by atoms with Gasteiger partial charge in [0.05, 0.1) is 13.0 Å². The van der Waals surface area contributed by atoms with E-state index in [0.717, 1.165) is 89.9 Å². The number of hydrogen-bond acceptors (Lipinski definition) is 5. The fourth-order valence-corrected chi connectivity index (χ4v) is 5.52. The molecule has 1 atom stereocenters. The second kappa shape index (κ2) is 45.9. The Morgan fingerprint density at radius 3 is 1.39 bits per heavy atom. The molecule has 0 aliphatic rings. The van der Waals surface area contributed by atoms with Gasteiger partial charge in [0.25, 0.3) is 0 Å². The predicted octanol–water partition coefficient (Wildman–Crippen LogP) is 14.9. The standard InChI is InChI=1S/C51H82O5/c1-4-7-10-13-16-19-22-25-26-28-29-32-35-38-41-44-50(52)55-48-49(47-54-46-43-40-37-34-31-24-21-18-15-12-9-6-3)56-51(53)45-42-39-36-33-30-27-23-20-17-14-11-8-5-2/h7-8,10-11,15-20,25-27,29-30,32,38,41,49H,4-6,9,12-14,21-24,28,31,33-37,39-40,42-48H2,1-3H3/b10-7-,11-8-,18-15-,19-16-,20-17-,26-25-,30-27-,32-29-,41-38-. The molecule has 0 aliphatic carbocycles. The number of esters is 2. The number of allylic oxidation sites excluding steroid dienone is 17. The first kappa shape index (κ1) is 52.6. The number of carbonyl (C=O) groups is 2. The first-order valence-corrected chi connectivity index (χ1v) is 22.4. The molecule has 5 heteroatoms. The van der Waals surface area contributed by atoms with E-state index in [1.165, 1.54) is 51.4 Å². The van der Waals surface area contributed by atoms with Crippen molar-refractivity contribution < 1.29 is 23.8 Å². The minimum atomic E-state index is -0.598. The molecule has 5 nitrogen and oxygen atoms in total. The molecule has 0 bridgehead atoms. The molecule has 0 aromatic heterocycles. The van der Waals surface area contributed by atoms with Gasteiger partial charge >= 0.3 is 11.9 Å². The summed E-state index contributed by atoms with van der Waals surface area (Å²) in [6.45, 7) is 7.38. The molecule has 0 radical (unpaired) electrons. The van der Waals surface area contributed by atoms with Crippen LogP contribution in [-0.4, -0.2) is 37.9 Å². The lowest BCUT2D eigenvalue weighted by molar-refractivity contribution is -0.162. The fourth-order valence-electron chi connectivity index (χ4n) is 5.52. The van der Waals surface area contributed by atoms with Crippen LogP contribution >= 0.6 is 0 Å². The van der Waals surface area contributed by atoms with Gasteiger partial charge in [-0.2, -0.15) is 0 Å². The van der Waals surface area contributed by atoms with Crippen molar-refractivity contribution >= 4 is 11.9 Å². The van der Waals surface area contributed by atoms with Crippen molar-refractivity contribution in [1.29, 1.82) is 0 Å². The Hall–Kier alpha value is -3.44. The topological polar surface area (TPSA) is 61.8 Å². The first-order chi connectivity index (χ1) is 27.6. The third-order valence-corrected chi connectivity index (χ3v) is 8.81. The van der Waals surface area contributed by atoms with E-state index in [1.54, 1.807) is 0 Å². The molecule has 0 rings (SSSR count). The Bertz CT molecular complexity index is 1150. The van der Waals surface area contributed by atoms with Gasteiger partial charge in [-0.1, -0.05) is 175 Å². The summed E-state index contributed by atoms with van der Waals surface area (Å²) in [5.41, 5.74) is 0. The summed E-state index contributed by atoms with van der Waals surface area (Å²) in [7, 11) is 0. The SMILES string of the molecule is CC/C=C\C/C=C\C/C=C\C/C=C\C/C=C\CC(=O)OCC(COCCCCCCCC/C=C\CCCC)OC(=O)CCCCC/C=C\C/C=C\C/C=C\CC. The molecule has 0 N–H and O–H groups in total. The van der Waals surface area contributed by atoms with Gasteiger partial charge in [0.15, 0.2) is 6.10 Å². The van der Waals surface area contributed by atoms with E-state index in [0.29, 0.717) is 13.0 Å². The lowest BCUT2D eigenvalue weighted by Crippen LogP contribution is -2.30. The Balaban J connectivity index is 4.48. The number of unbranched alkanes of at least 4 members (excludes halogenated alkanes) is 11. The van der Waals surface area contributed by atoms with Crippen LogP contribution in [-0.2, 0) is 23.8 Å². The highest BCUT2D eigenvalue weighted by atomic mass is 16.6. The summed E-state index contributed by atoms with van der Waals surface area (Å²) >= 11 is 0. The Labute approximate surface area is 344 Å². The zero-order valence-electron chi connectivity index (χ0n) is 36.1. The van der Waals surface area contributed by atoms with Crippen molar-refractivity contribution in [2.75, 3.05) is 19.8 Å². The normalized spacial score (nSPS) is 13.3. The average Bonchev–Trinajstić information content (AvgIpc) is 3.20. The van der Waals surface area contributed by atoms with Crippen LogP contribution in [0, 0.1) is 0 Å². The Morgan fingerprint density at radius 1 is 0.429 bits per heavy atom. The van der Waals surface area contributed by atoms with Crippen LogP contribution in [0.25, 0.3) is 0 Å². The smallest absolute Gasteiger partial charge is 0.309 e. The molecular formula is C51H82O5. The van der Waals surface area contributed by atoms with Crippen molar-refractivity contribution in [1.82, 2.24) is 0 Å². The van der Waals surface area contributed by atoms with E-state index < -0.39 is 6.10 Å². The van der Waals surface area contributed by atoms with Gasteiger partial charge in [-0.25, -0.2) is 0 Å². The molecule has 0 aliphatic heterocycles. The van der Waals surface area contributed by atoms with Crippen molar-refractivity contribution in [3.63, 3.8) is 0 Å². The monoisotopic (exact) mass is 775 g/mol. The molecular weight excluding hydrogens is 693 g/mol. The summed E-state index contributed by atoms with van der Waals surface area (Å²) in [6.07, 6.45) is 62.5. The van der Waals surface area contributed by atoms with E-state index >= 15 is 0 Å². The van der Waals surface area contributed by atoms with Gasteiger partial charge in [-0.3, -0.25) is 9.59 Å². The Kier molecular flexibility index (Phi) is 43.1. The minimum absolute atomic E-state index is 0.0102. The summed E-state index contributed by atoms with van der Waals surface area (Å²) in [5, 5.41) is 0. The molecule has 0 spiro atoms. The zero-order chi connectivity index (χ0) is 40.7. The summed E-state index contributed by atoms with van der Waals surface area (Å²) in [6, 6.07) is 0. The molecule has 0 heterocycles. The number of carbonyl (C=O) groups excluding carboxylic acids is 2. The third-order valence-electron chi connectivity index (χ3n) is 8.81. The van der Waals surface area contributed by atoms with E-state index in [2.05, 4.69) is 118 Å². The molecule has 0 saturated carbocycles. The molecule has 0 amide bonds. The van der Waals surface area contributed by atoms with Gasteiger partial charge in [-0.05, 0) is 96.3 Å². The first-order valence-electron chi connectivity index (χ1n) is 22.4. The maximum atomic E-state index is 12.7. The fraction of sp³-hybridized carbons (Fsp3) is 0.608. The molecule has 316 valence electrons. The second-order valence-electron chi connectivity index (χ2n) is 14.2. The molecule has 1 unspecified atom stereocenters. The van der Waals surface area contributed by atoms with E-state index in [1.807, 2.05) is 12.2 Å². The molecule has 0 saturated heterocycles. The lowest BCUT2D eigenvalue weighted by atomic mass is 10.1. The van der Waals surface area contributed by atoms with Crippen molar-refractivity contribution in [2.24, 2.45) is 0 Å². The molecule has 56 heavy (non-hydrogen) atoms. The second-order valence-corrected chi connectivity index (χ2v) is 14.2. The van der Waals surface area contributed by atoms with Crippen LogP contribution in [0.1, 0.15) is 175 Å². The van der Waals surface area contributed by atoms with Crippen LogP contribution in [0.15, 0.2) is 109 Å². The van der Waals surface area contributed by atoms with Gasteiger partial charge in [-0.15, -0.1) is 0 Å². The number of ether oxygens (including phenoxy) is 3. The highest BCUT2D eigenvalue weighted by Gasteiger charge is 2.17. The van der Waals surface area contributed by atoms with E-state index in [-0.39, 0.29) is 31.6 Å². The van der Waals surface area contributed by atoms with E-state index in [4.69, 9.17) is 14.2 Å². The molecule has 0 fully saturated rings. The predicted molar refractivity (Wildman–Crippen MR) is 242 cm³/mol. The van der Waals surface area contributed by atoms with Crippen LogP contribution in [0.5, 0.6) is 0 Å². The van der Waals surface area contributed by atoms with Gasteiger partial charge in [0, 0.05) is 13.0 Å². The average molecular weight is 775 g/mol. The van der Waals surface area contributed by atoms with E-state index in [9.17, 15) is 9.59 Å². The number of rotatable bonds is 39. The summed E-state index contributed by atoms with van der Waals surface area (Å²) < 4.78 is 17.2. The van der Waals surface area contributed by atoms with Crippen LogP contribution in [0.2, 0.25) is 0 Å². The maximum absolute atomic E-state index is 12.7. The van der Waals surface area contributed by atoms with Crippen molar-refractivity contribution in [3.8, 4) is 0 Å². The van der Waals surface area contributed by atoms with Crippen molar-refractivity contribution in [3.05, 3.63) is 109 Å². The van der Waals surface area contributed by atoms with Gasteiger partial charge in [0.1, 0.15) is 6.61 Å². The van der Waals surface area contributed by atoms with Crippen LogP contribution < -0.4 is 0 Å². The largest absolute Gasteiger partial charge is 0.461 e. The number of hydrogen-bond donors (Lipinski definition) is 0. The van der Waals surface area contributed by atoms with Gasteiger partial charge < -0.3 is 14.2 Å². The molecule has 0 aromatic rings. The lowest BCUT2D eigenvalue weighted by Gasteiger charge is -2.18. The van der Waals surface area contributed by atoms with Crippen molar-refractivity contribution in [2.45, 2.75) is 181 Å². The minimum Gasteiger partial charge on any atom is -0.461 e. The van der Waals surface area contributed by atoms with Crippen LogP contribution in [0.3, 0.4) is 0 Å². The molecule has 0 aromatic carbocycles. The van der Waals surface area contributed by atoms with Gasteiger partial charge in [0.2, 0.25) is 0 Å². The quantitative estimate of drug-likeness (QED) is 0.0354. The highest BCUT2D eigenvalue weighted by Crippen LogP contribution is 2.10.